The Morgan fingerprint density at radius 3 is 2.52 bits per heavy atom. The molecule has 152 valence electrons. The highest BCUT2D eigenvalue weighted by molar-refractivity contribution is 5.78. The topological polar surface area (TPSA) is 73.6 Å². The standard InChI is InChI=1S/C23H26N2O4/c1-15-5-7-18(8-6-15)23-25-20(16(2)29-23)14-22(26)24-12-11-17-9-10-19(27-3)13-21(17)28-4/h5-10,13H,11-12,14H2,1-4H3,(H,24,26). The highest BCUT2D eigenvalue weighted by atomic mass is 16.5. The van der Waals surface area contributed by atoms with Crippen LogP contribution in [0.25, 0.3) is 11.5 Å². The van der Waals surface area contributed by atoms with E-state index in [1.807, 2.05) is 56.3 Å². The number of hydrogen-bond donors (Lipinski definition) is 1. The second-order valence-electron chi connectivity index (χ2n) is 6.84. The first-order valence-corrected chi connectivity index (χ1v) is 9.51. The summed E-state index contributed by atoms with van der Waals surface area (Å²) in [6, 6.07) is 13.6. The molecule has 0 spiro atoms. The zero-order chi connectivity index (χ0) is 20.8. The van der Waals surface area contributed by atoms with E-state index in [1.165, 1.54) is 5.56 Å². The summed E-state index contributed by atoms with van der Waals surface area (Å²) in [7, 11) is 3.24. The van der Waals surface area contributed by atoms with Gasteiger partial charge >= 0.3 is 0 Å². The Kier molecular flexibility index (Phi) is 6.54. The molecule has 29 heavy (non-hydrogen) atoms. The van der Waals surface area contributed by atoms with Gasteiger partial charge in [0.25, 0.3) is 0 Å². The van der Waals surface area contributed by atoms with Crippen molar-refractivity contribution in [2.45, 2.75) is 26.7 Å². The predicted octanol–water partition coefficient (Wildman–Crippen LogP) is 3.88. The van der Waals surface area contributed by atoms with E-state index in [2.05, 4.69) is 10.3 Å². The van der Waals surface area contributed by atoms with Crippen molar-refractivity contribution >= 4 is 5.91 Å². The lowest BCUT2D eigenvalue weighted by Crippen LogP contribution is -2.27. The summed E-state index contributed by atoms with van der Waals surface area (Å²) in [6.07, 6.45) is 0.840. The van der Waals surface area contributed by atoms with Crippen molar-refractivity contribution < 1.29 is 18.7 Å². The second-order valence-corrected chi connectivity index (χ2v) is 6.84. The summed E-state index contributed by atoms with van der Waals surface area (Å²) >= 11 is 0. The van der Waals surface area contributed by atoms with Crippen LogP contribution in [0.4, 0.5) is 0 Å². The second kappa shape index (κ2) is 9.28. The monoisotopic (exact) mass is 394 g/mol. The summed E-state index contributed by atoms with van der Waals surface area (Å²) < 4.78 is 16.3. The van der Waals surface area contributed by atoms with Crippen molar-refractivity contribution in [2.75, 3.05) is 20.8 Å². The van der Waals surface area contributed by atoms with Crippen LogP contribution < -0.4 is 14.8 Å². The molecule has 0 atom stereocenters. The molecular formula is C23H26N2O4. The van der Waals surface area contributed by atoms with Crippen LogP contribution in [-0.4, -0.2) is 31.7 Å². The summed E-state index contributed by atoms with van der Waals surface area (Å²) in [5.41, 5.74) is 3.73. The van der Waals surface area contributed by atoms with Crippen molar-refractivity contribution in [2.24, 2.45) is 0 Å². The first kappa shape index (κ1) is 20.5. The van der Waals surface area contributed by atoms with Gasteiger partial charge in [-0.15, -0.1) is 0 Å². The molecule has 6 nitrogen and oxygen atoms in total. The molecule has 0 aliphatic rings. The summed E-state index contributed by atoms with van der Waals surface area (Å²) in [5.74, 6) is 2.58. The number of carbonyl (C=O) groups is 1. The number of rotatable bonds is 8. The Labute approximate surface area is 170 Å². The van der Waals surface area contributed by atoms with Gasteiger partial charge < -0.3 is 19.2 Å². The molecule has 0 radical (unpaired) electrons. The third-order valence-corrected chi connectivity index (χ3v) is 4.73. The Bertz CT molecular complexity index is 977. The molecule has 0 saturated heterocycles. The number of carbonyl (C=O) groups excluding carboxylic acids is 1. The normalized spacial score (nSPS) is 10.6. The zero-order valence-corrected chi connectivity index (χ0v) is 17.2. The fourth-order valence-corrected chi connectivity index (χ4v) is 3.02. The molecule has 1 aromatic heterocycles. The highest BCUT2D eigenvalue weighted by Gasteiger charge is 2.15. The number of aromatic nitrogens is 1. The van der Waals surface area contributed by atoms with E-state index in [1.54, 1.807) is 14.2 Å². The molecule has 2 aromatic carbocycles. The Hall–Kier alpha value is -3.28. The van der Waals surface area contributed by atoms with Gasteiger partial charge in [0, 0.05) is 18.2 Å². The van der Waals surface area contributed by atoms with Gasteiger partial charge in [0.1, 0.15) is 17.3 Å². The van der Waals surface area contributed by atoms with E-state index >= 15 is 0 Å². The molecule has 1 heterocycles. The van der Waals surface area contributed by atoms with Gasteiger partial charge in [-0.2, -0.15) is 0 Å². The lowest BCUT2D eigenvalue weighted by atomic mass is 10.1. The van der Waals surface area contributed by atoms with E-state index in [0.717, 1.165) is 22.6 Å². The van der Waals surface area contributed by atoms with E-state index in [-0.39, 0.29) is 12.3 Å². The van der Waals surface area contributed by atoms with Crippen molar-refractivity contribution in [1.82, 2.24) is 10.3 Å². The van der Waals surface area contributed by atoms with Crippen LogP contribution in [0.2, 0.25) is 0 Å². The number of aryl methyl sites for hydroxylation is 2. The van der Waals surface area contributed by atoms with Crippen LogP contribution >= 0.6 is 0 Å². The number of ether oxygens (including phenoxy) is 2. The first-order valence-electron chi connectivity index (χ1n) is 9.51. The minimum Gasteiger partial charge on any atom is -0.497 e. The minimum atomic E-state index is -0.0932. The van der Waals surface area contributed by atoms with Crippen LogP contribution in [0, 0.1) is 13.8 Å². The number of oxazole rings is 1. The average Bonchev–Trinajstić information content (AvgIpc) is 3.08. The quantitative estimate of drug-likeness (QED) is 0.628. The first-order chi connectivity index (χ1) is 14.0. The number of nitrogens with zero attached hydrogens (tertiary/aromatic N) is 1. The smallest absolute Gasteiger partial charge is 0.226 e. The summed E-state index contributed by atoms with van der Waals surface area (Å²) in [6.45, 7) is 4.36. The van der Waals surface area contributed by atoms with Gasteiger partial charge in [-0.25, -0.2) is 4.98 Å². The third kappa shape index (κ3) is 5.16. The SMILES string of the molecule is COc1ccc(CCNC(=O)Cc2nc(-c3ccc(C)cc3)oc2C)c(OC)c1. The lowest BCUT2D eigenvalue weighted by molar-refractivity contribution is -0.120. The van der Waals surface area contributed by atoms with Crippen LogP contribution in [0.5, 0.6) is 11.5 Å². The maximum absolute atomic E-state index is 12.4. The Balaban J connectivity index is 1.57. The van der Waals surface area contributed by atoms with Gasteiger partial charge in [0.15, 0.2) is 0 Å². The molecule has 0 fully saturated rings. The molecule has 0 aliphatic carbocycles. The number of amides is 1. The number of methoxy groups -OCH3 is 2. The molecule has 1 amide bonds. The molecule has 0 unspecified atom stereocenters. The zero-order valence-electron chi connectivity index (χ0n) is 17.2. The van der Waals surface area contributed by atoms with Gasteiger partial charge in [0.2, 0.25) is 11.8 Å². The fourth-order valence-electron chi connectivity index (χ4n) is 3.02. The average molecular weight is 394 g/mol. The molecule has 0 saturated carbocycles. The Morgan fingerprint density at radius 2 is 1.83 bits per heavy atom. The fraction of sp³-hybridized carbons (Fsp3) is 0.304. The molecule has 3 aromatic rings. The molecule has 3 rings (SSSR count). The maximum Gasteiger partial charge on any atom is 0.226 e. The van der Waals surface area contributed by atoms with Crippen LogP contribution in [0.1, 0.15) is 22.6 Å². The Morgan fingerprint density at radius 1 is 1.07 bits per heavy atom. The van der Waals surface area contributed by atoms with Crippen molar-refractivity contribution in [1.29, 1.82) is 0 Å². The van der Waals surface area contributed by atoms with Crippen molar-refractivity contribution in [3.8, 4) is 23.0 Å². The van der Waals surface area contributed by atoms with Crippen molar-refractivity contribution in [3.63, 3.8) is 0 Å². The summed E-state index contributed by atoms with van der Waals surface area (Å²) in [5, 5.41) is 2.94. The third-order valence-electron chi connectivity index (χ3n) is 4.73. The maximum atomic E-state index is 12.4. The van der Waals surface area contributed by atoms with Gasteiger partial charge in [-0.05, 0) is 44.0 Å². The van der Waals surface area contributed by atoms with Gasteiger partial charge in [-0.3, -0.25) is 4.79 Å². The summed E-state index contributed by atoms with van der Waals surface area (Å²) in [4.78, 5) is 16.9. The van der Waals surface area contributed by atoms with E-state index in [9.17, 15) is 4.79 Å². The molecule has 1 N–H and O–H groups in total. The molecule has 0 aliphatic heterocycles. The van der Waals surface area contributed by atoms with Crippen LogP contribution in [0.15, 0.2) is 46.9 Å². The van der Waals surface area contributed by atoms with E-state index < -0.39 is 0 Å². The van der Waals surface area contributed by atoms with Gasteiger partial charge in [-0.1, -0.05) is 23.8 Å². The molecule has 0 bridgehead atoms. The predicted molar refractivity (Wildman–Crippen MR) is 111 cm³/mol. The number of nitrogens with one attached hydrogen (secondary N) is 1. The van der Waals surface area contributed by atoms with E-state index in [4.69, 9.17) is 13.9 Å². The molecular weight excluding hydrogens is 368 g/mol. The van der Waals surface area contributed by atoms with Crippen LogP contribution in [0.3, 0.4) is 0 Å². The van der Waals surface area contributed by atoms with Crippen molar-refractivity contribution in [3.05, 3.63) is 65.0 Å². The largest absolute Gasteiger partial charge is 0.497 e. The highest BCUT2D eigenvalue weighted by Crippen LogP contribution is 2.25. The van der Waals surface area contributed by atoms with Gasteiger partial charge in [0.05, 0.1) is 26.3 Å². The lowest BCUT2D eigenvalue weighted by Gasteiger charge is -2.11. The molecule has 6 heteroatoms. The van der Waals surface area contributed by atoms with Crippen LogP contribution in [-0.2, 0) is 17.6 Å². The number of hydrogen-bond acceptors (Lipinski definition) is 5. The minimum absolute atomic E-state index is 0.0932. The van der Waals surface area contributed by atoms with E-state index in [0.29, 0.717) is 30.3 Å². The number of benzene rings is 2.